The number of benzene rings is 1. The zero-order valence-electron chi connectivity index (χ0n) is 26.4. The number of sulfonamides is 1. The fourth-order valence-electron chi connectivity index (χ4n) is 11.0. The van der Waals surface area contributed by atoms with Gasteiger partial charge in [-0.1, -0.05) is 32.1 Å². The zero-order valence-corrected chi connectivity index (χ0v) is 27.2. The number of hydrogen-bond acceptors (Lipinski definition) is 6. The molecule has 10 heteroatoms. The number of aliphatic hydroxyl groups is 2. The van der Waals surface area contributed by atoms with E-state index in [1.807, 2.05) is 6.08 Å². The van der Waals surface area contributed by atoms with Crippen LogP contribution in [0.5, 0.6) is 0 Å². The van der Waals surface area contributed by atoms with Crippen molar-refractivity contribution in [2.24, 2.45) is 33.5 Å². The Balaban J connectivity index is 1.33. The van der Waals surface area contributed by atoms with Crippen LogP contribution >= 0.6 is 0 Å². The van der Waals surface area contributed by atoms with Crippen LogP contribution in [0.4, 0.5) is 8.78 Å². The molecule has 1 aromatic rings. The summed E-state index contributed by atoms with van der Waals surface area (Å²) in [5.74, 6) is -2.64. The Hall–Kier alpha value is -1.98. The normalized spacial score (nSPS) is 43.6. The largest absolute Gasteiger partial charge is 0.393 e. The van der Waals surface area contributed by atoms with Gasteiger partial charge >= 0.3 is 0 Å². The van der Waals surface area contributed by atoms with Crippen LogP contribution in [0, 0.1) is 45.1 Å². The topological polar surface area (TPSA) is 104 Å². The van der Waals surface area contributed by atoms with Gasteiger partial charge in [-0.15, -0.1) is 0 Å². The Morgan fingerprint density at radius 1 is 1.02 bits per heavy atom. The Morgan fingerprint density at radius 2 is 1.73 bits per heavy atom. The molecule has 246 valence electrons. The van der Waals surface area contributed by atoms with Gasteiger partial charge in [0.1, 0.15) is 0 Å². The fraction of sp³-hybridized carbons (Fsp3) is 0.686. The third-order valence-corrected chi connectivity index (χ3v) is 14.7. The average Bonchev–Trinajstić information content (AvgIpc) is 3.59. The van der Waals surface area contributed by atoms with E-state index in [0.717, 1.165) is 31.4 Å². The van der Waals surface area contributed by atoms with Crippen LogP contribution < -0.4 is 0 Å². The molecule has 8 rings (SSSR count). The molecule has 2 spiro atoms. The van der Waals surface area contributed by atoms with Crippen LogP contribution in [-0.2, 0) is 14.8 Å². The number of ketones is 1. The van der Waals surface area contributed by atoms with E-state index in [2.05, 4.69) is 26.0 Å². The molecule has 6 aliphatic carbocycles. The minimum absolute atomic E-state index is 0.0232. The predicted octanol–water partition coefficient (Wildman–Crippen LogP) is 5.18. The van der Waals surface area contributed by atoms with Crippen molar-refractivity contribution in [3.05, 3.63) is 59.2 Å². The number of carbonyl (C=O) groups excluding carboxylic acids is 1. The van der Waals surface area contributed by atoms with Gasteiger partial charge in [-0.2, -0.15) is 4.31 Å². The van der Waals surface area contributed by atoms with Gasteiger partial charge in [0.15, 0.2) is 17.4 Å². The van der Waals surface area contributed by atoms with Crippen LogP contribution in [0.2, 0.25) is 0 Å². The molecule has 1 heterocycles. The van der Waals surface area contributed by atoms with Crippen molar-refractivity contribution in [2.75, 3.05) is 26.0 Å². The van der Waals surface area contributed by atoms with Gasteiger partial charge in [-0.3, -0.25) is 4.79 Å². The number of ether oxygens (including phenoxy) is 1. The van der Waals surface area contributed by atoms with Gasteiger partial charge < -0.3 is 14.9 Å². The summed E-state index contributed by atoms with van der Waals surface area (Å²) in [6.07, 6.45) is 12.7. The lowest BCUT2D eigenvalue weighted by molar-refractivity contribution is -0.174. The Bertz CT molecular complexity index is 1590. The highest BCUT2D eigenvalue weighted by Crippen LogP contribution is 2.78. The number of carbonyl (C=O) groups is 1. The number of allylic oxidation sites excluding steroid dienone is 4. The van der Waals surface area contributed by atoms with E-state index < -0.39 is 49.6 Å². The van der Waals surface area contributed by atoms with E-state index in [1.54, 1.807) is 0 Å². The molecule has 1 unspecified atom stereocenters. The molecular formula is C35H45F2NO6S. The highest BCUT2D eigenvalue weighted by atomic mass is 32.2. The van der Waals surface area contributed by atoms with Crippen LogP contribution in [0.15, 0.2) is 42.0 Å². The highest BCUT2D eigenvalue weighted by molar-refractivity contribution is 7.88. The molecule has 0 amide bonds. The maximum Gasteiger partial charge on any atom is 0.211 e. The lowest BCUT2D eigenvalue weighted by Crippen LogP contribution is -2.67. The monoisotopic (exact) mass is 645 g/mol. The number of fused-ring (bicyclic) bond motifs is 1. The quantitative estimate of drug-likeness (QED) is 0.313. The van der Waals surface area contributed by atoms with Crippen LogP contribution in [0.3, 0.4) is 0 Å². The molecule has 7 nitrogen and oxygen atoms in total. The standard InChI is InChI=1S/C35H45F2NO6S/c1-31-11-8-23(39)18-33(31)14-15-35(25(19-33)30(40)22-6-7-26(36)27(37)17-22)28(31)9-12-32(2)29(35)10-13-34(32,41)21-38(45(3,42)43)20-24-5-4-16-44-24/h6-7,14-15,17,19,23-24,28-29,39,41H,4-5,8-13,16,18,20-21H2,1-3H3/t23?,24-,28-,29-,31-,32+,33+,34-,35-/m1/s1. The molecule has 4 fully saturated rings. The van der Waals surface area contributed by atoms with Crippen molar-refractivity contribution >= 4 is 15.8 Å². The summed E-state index contributed by atoms with van der Waals surface area (Å²) in [5, 5.41) is 23.5. The number of nitrogens with zero attached hydrogens (tertiary/aromatic N) is 1. The number of aliphatic hydroxyl groups excluding tert-OH is 1. The summed E-state index contributed by atoms with van der Waals surface area (Å²) in [6.45, 7) is 5.07. The van der Waals surface area contributed by atoms with Crippen molar-refractivity contribution in [3.8, 4) is 0 Å². The average molecular weight is 646 g/mol. The van der Waals surface area contributed by atoms with Crippen molar-refractivity contribution < 1.29 is 36.9 Å². The molecule has 1 aromatic carbocycles. The molecule has 9 atom stereocenters. The van der Waals surface area contributed by atoms with E-state index in [4.69, 9.17) is 4.74 Å². The molecular weight excluding hydrogens is 600 g/mol. The smallest absolute Gasteiger partial charge is 0.211 e. The van der Waals surface area contributed by atoms with E-state index >= 15 is 0 Å². The van der Waals surface area contributed by atoms with E-state index in [1.165, 1.54) is 16.6 Å². The number of halogens is 2. The number of rotatable bonds is 7. The molecule has 1 saturated heterocycles. The fourth-order valence-corrected chi connectivity index (χ4v) is 11.9. The summed E-state index contributed by atoms with van der Waals surface area (Å²) in [7, 11) is -3.65. The lowest BCUT2D eigenvalue weighted by Gasteiger charge is -2.71. The van der Waals surface area contributed by atoms with Gasteiger partial charge in [0.25, 0.3) is 0 Å². The van der Waals surface area contributed by atoms with Crippen LogP contribution in [-0.4, -0.2) is 72.5 Å². The minimum Gasteiger partial charge on any atom is -0.393 e. The second kappa shape index (κ2) is 10.3. The molecule has 0 aromatic heterocycles. The van der Waals surface area contributed by atoms with E-state index in [9.17, 15) is 32.2 Å². The zero-order chi connectivity index (χ0) is 32.2. The third kappa shape index (κ3) is 4.38. The lowest BCUT2D eigenvalue weighted by atomic mass is 9.32. The molecule has 3 saturated carbocycles. The molecule has 45 heavy (non-hydrogen) atoms. The van der Waals surface area contributed by atoms with Crippen molar-refractivity contribution in [3.63, 3.8) is 0 Å². The molecule has 2 bridgehead atoms. The van der Waals surface area contributed by atoms with Crippen LogP contribution in [0.25, 0.3) is 0 Å². The summed E-state index contributed by atoms with van der Waals surface area (Å²) in [4.78, 5) is 14.5. The first-order valence-corrected chi connectivity index (χ1v) is 18.3. The first-order chi connectivity index (χ1) is 21.1. The molecule has 7 aliphatic rings. The summed E-state index contributed by atoms with van der Waals surface area (Å²) < 4.78 is 61.7. The maximum atomic E-state index is 14.5. The third-order valence-electron chi connectivity index (χ3n) is 13.5. The molecule has 2 N–H and O–H groups in total. The van der Waals surface area contributed by atoms with E-state index in [-0.39, 0.29) is 47.8 Å². The predicted molar refractivity (Wildman–Crippen MR) is 165 cm³/mol. The van der Waals surface area contributed by atoms with Gasteiger partial charge in [-0.25, -0.2) is 17.2 Å². The second-order valence-electron chi connectivity index (χ2n) is 15.5. The Kier molecular flexibility index (Phi) is 7.21. The maximum absolute atomic E-state index is 14.5. The van der Waals surface area contributed by atoms with Gasteiger partial charge in [0.05, 0.1) is 24.1 Å². The Morgan fingerprint density at radius 3 is 2.42 bits per heavy atom. The van der Waals surface area contributed by atoms with Gasteiger partial charge in [0.2, 0.25) is 10.0 Å². The van der Waals surface area contributed by atoms with Crippen LogP contribution in [0.1, 0.15) is 82.0 Å². The number of hydrogen-bond donors (Lipinski definition) is 2. The summed E-state index contributed by atoms with van der Waals surface area (Å²) >= 11 is 0. The molecule has 1 aliphatic heterocycles. The van der Waals surface area contributed by atoms with Gasteiger partial charge in [-0.05, 0) is 93.2 Å². The first kappa shape index (κ1) is 31.6. The summed E-state index contributed by atoms with van der Waals surface area (Å²) in [6, 6.07) is 3.27. The highest BCUT2D eigenvalue weighted by Gasteiger charge is 2.74. The van der Waals surface area contributed by atoms with E-state index in [0.29, 0.717) is 50.7 Å². The van der Waals surface area contributed by atoms with Crippen molar-refractivity contribution in [1.29, 1.82) is 0 Å². The van der Waals surface area contributed by atoms with Crippen molar-refractivity contribution in [2.45, 2.75) is 89.4 Å². The SMILES string of the molecule is C[C@]12CC[C@H]3[C@]4(C=C[C@@]5(C=C4C(=O)c4ccc(F)c(F)c4)CC(O)CC[C@]35C)[C@@H]1CC[C@@]2(O)CN(C[C@H]1CCCO1)S(C)(=O)=O. The molecule has 0 radical (unpaired) electrons. The van der Waals surface area contributed by atoms with Crippen molar-refractivity contribution in [1.82, 2.24) is 4.31 Å². The number of Topliss-reactive ketones (excluding diaryl/α,β-unsaturated/α-hetero) is 1. The Labute approximate surface area is 264 Å². The minimum atomic E-state index is -3.65. The van der Waals surface area contributed by atoms with Gasteiger partial charge in [0, 0.05) is 47.1 Å². The first-order valence-electron chi connectivity index (χ1n) is 16.5. The second-order valence-corrected chi connectivity index (χ2v) is 17.4. The summed E-state index contributed by atoms with van der Waals surface area (Å²) in [5.41, 5.74) is -3.07.